The summed E-state index contributed by atoms with van der Waals surface area (Å²) in [6, 6.07) is -0.908. The van der Waals surface area contributed by atoms with E-state index in [1.807, 2.05) is 27.2 Å². The molecule has 8 nitrogen and oxygen atoms in total. The second-order valence-electron chi connectivity index (χ2n) is 18.8. The molecule has 0 rings (SSSR count). The quantitative estimate of drug-likeness (QED) is 0.0272. The maximum absolute atomic E-state index is 12.9. The number of nitrogens with one attached hydrogen (secondary N) is 1. The maximum Gasteiger partial charge on any atom is 0.268 e. The van der Waals surface area contributed by atoms with Gasteiger partial charge in [-0.2, -0.15) is 0 Å². The van der Waals surface area contributed by atoms with E-state index in [0.29, 0.717) is 17.4 Å². The van der Waals surface area contributed by atoms with Crippen LogP contribution in [0.5, 0.6) is 0 Å². The molecule has 0 aliphatic rings. The number of nitrogens with zero attached hydrogens (tertiary/aromatic N) is 1. The number of unbranched alkanes of at least 4 members (excludes halogenated alkanes) is 18. The Morgan fingerprint density at radius 3 is 1.39 bits per heavy atom. The van der Waals surface area contributed by atoms with Gasteiger partial charge in [0.05, 0.1) is 39.9 Å². The number of aliphatic hydroxyl groups excluding tert-OH is 1. The van der Waals surface area contributed by atoms with Crippen LogP contribution in [0.25, 0.3) is 0 Å². The van der Waals surface area contributed by atoms with Crippen LogP contribution in [-0.2, 0) is 18.4 Å². The number of amides is 1. The second-order valence-corrected chi connectivity index (χ2v) is 20.2. The van der Waals surface area contributed by atoms with Gasteiger partial charge in [0.15, 0.2) is 0 Å². The maximum atomic E-state index is 12.9. The van der Waals surface area contributed by atoms with Gasteiger partial charge in [-0.25, -0.2) is 0 Å². The highest BCUT2D eigenvalue weighted by Crippen LogP contribution is 2.38. The molecule has 0 bridgehead atoms. The molecule has 0 fully saturated rings. The van der Waals surface area contributed by atoms with Crippen molar-refractivity contribution in [2.75, 3.05) is 40.9 Å². The molecule has 9 heteroatoms. The van der Waals surface area contributed by atoms with Crippen molar-refractivity contribution in [2.24, 2.45) is 0 Å². The van der Waals surface area contributed by atoms with Crippen LogP contribution in [0.4, 0.5) is 0 Å². The normalized spacial score (nSPS) is 14.9. The van der Waals surface area contributed by atoms with Crippen molar-refractivity contribution < 1.29 is 32.9 Å². The Balaban J connectivity index is 4.06. The van der Waals surface area contributed by atoms with Gasteiger partial charge in [-0.3, -0.25) is 9.36 Å². The van der Waals surface area contributed by atoms with E-state index in [1.54, 1.807) is 6.08 Å². The van der Waals surface area contributed by atoms with Gasteiger partial charge in [-0.15, -0.1) is 0 Å². The minimum atomic E-state index is -4.60. The zero-order valence-electron chi connectivity index (χ0n) is 43.6. The van der Waals surface area contributed by atoms with E-state index >= 15 is 0 Å². The fourth-order valence-electron chi connectivity index (χ4n) is 7.03. The molecule has 0 saturated carbocycles. The molecule has 384 valence electrons. The summed E-state index contributed by atoms with van der Waals surface area (Å²) in [5, 5.41) is 13.7. The van der Waals surface area contributed by atoms with Gasteiger partial charge < -0.3 is 28.8 Å². The predicted molar refractivity (Wildman–Crippen MR) is 288 cm³/mol. The van der Waals surface area contributed by atoms with E-state index in [-0.39, 0.29) is 12.5 Å². The topological polar surface area (TPSA) is 108 Å². The van der Waals surface area contributed by atoms with Gasteiger partial charge in [0, 0.05) is 6.42 Å². The lowest BCUT2D eigenvalue weighted by Crippen LogP contribution is -2.45. The van der Waals surface area contributed by atoms with E-state index < -0.39 is 26.6 Å². The SMILES string of the molecule is CC/C=C\C/C=C\C/C=C\C/C=C\C/C=C\C/C=C\C/C=C\CCCCCCCCCCCCCCCC(=O)NC(COP(=O)([O-])OCC[N+](C)(C)C)C(O)/C=C/CC/C=C/CCCCCC. The van der Waals surface area contributed by atoms with E-state index in [4.69, 9.17) is 9.05 Å². The van der Waals surface area contributed by atoms with Crippen LogP contribution < -0.4 is 10.2 Å². The fourth-order valence-corrected chi connectivity index (χ4v) is 7.75. The molecule has 2 N–H and O–H groups in total. The highest BCUT2D eigenvalue weighted by Gasteiger charge is 2.23. The van der Waals surface area contributed by atoms with Crippen molar-refractivity contribution in [3.8, 4) is 0 Å². The first-order valence-corrected chi connectivity index (χ1v) is 28.2. The minimum Gasteiger partial charge on any atom is -0.756 e. The average molecular weight is 953 g/mol. The van der Waals surface area contributed by atoms with Crippen LogP contribution in [-0.4, -0.2) is 68.5 Å². The summed E-state index contributed by atoms with van der Waals surface area (Å²) in [6.45, 7) is 4.45. The van der Waals surface area contributed by atoms with Gasteiger partial charge in [0.1, 0.15) is 13.2 Å². The van der Waals surface area contributed by atoms with E-state index in [1.165, 1.54) is 96.3 Å². The minimum absolute atomic E-state index is 0.0112. The number of phosphoric ester groups is 1. The molecule has 67 heavy (non-hydrogen) atoms. The third kappa shape index (κ3) is 50.9. The van der Waals surface area contributed by atoms with Crippen LogP contribution in [0.1, 0.15) is 200 Å². The molecule has 0 heterocycles. The van der Waals surface area contributed by atoms with Crippen molar-refractivity contribution in [3.05, 3.63) is 109 Å². The van der Waals surface area contributed by atoms with Gasteiger partial charge in [0.2, 0.25) is 5.91 Å². The summed E-state index contributed by atoms with van der Waals surface area (Å²) in [4.78, 5) is 25.3. The summed E-state index contributed by atoms with van der Waals surface area (Å²) in [7, 11) is 1.23. The Bertz CT molecular complexity index is 1450. The lowest BCUT2D eigenvalue weighted by atomic mass is 10.0. The summed E-state index contributed by atoms with van der Waals surface area (Å²) in [6.07, 6.45) is 70.3. The number of rotatable bonds is 47. The fraction of sp³-hybridized carbons (Fsp3) is 0.672. The van der Waals surface area contributed by atoms with Gasteiger partial charge in [0.25, 0.3) is 7.82 Å². The lowest BCUT2D eigenvalue weighted by Gasteiger charge is -2.29. The third-order valence-corrected chi connectivity index (χ3v) is 12.2. The smallest absolute Gasteiger partial charge is 0.268 e. The van der Waals surface area contributed by atoms with Crippen LogP contribution in [0, 0.1) is 0 Å². The molecule has 0 aliphatic heterocycles. The molecule has 1 amide bonds. The van der Waals surface area contributed by atoms with E-state index in [2.05, 4.69) is 116 Å². The third-order valence-electron chi connectivity index (χ3n) is 11.2. The number of hydrogen-bond donors (Lipinski definition) is 2. The van der Waals surface area contributed by atoms with Crippen molar-refractivity contribution in [3.63, 3.8) is 0 Å². The Morgan fingerprint density at radius 1 is 0.537 bits per heavy atom. The van der Waals surface area contributed by atoms with E-state index in [0.717, 1.165) is 83.5 Å². The highest BCUT2D eigenvalue weighted by molar-refractivity contribution is 7.45. The second kappa shape index (κ2) is 48.2. The molecular formula is C58H101N2O6P. The van der Waals surface area contributed by atoms with Crippen molar-refractivity contribution in [1.29, 1.82) is 0 Å². The summed E-state index contributed by atoms with van der Waals surface area (Å²) in [5.41, 5.74) is 0. The van der Waals surface area contributed by atoms with Crippen LogP contribution in [0.3, 0.4) is 0 Å². The molecule has 3 atom stereocenters. The van der Waals surface area contributed by atoms with Crippen LogP contribution >= 0.6 is 7.82 Å². The number of quaternary nitrogens is 1. The molecule has 3 unspecified atom stereocenters. The number of carbonyl (C=O) groups excluding carboxylic acids is 1. The largest absolute Gasteiger partial charge is 0.756 e. The molecular weight excluding hydrogens is 852 g/mol. The molecule has 0 aliphatic carbocycles. The number of likely N-dealkylation sites (N-methyl/N-ethyl adjacent to an activating group) is 1. The first-order chi connectivity index (χ1) is 32.5. The van der Waals surface area contributed by atoms with Crippen molar-refractivity contribution in [1.82, 2.24) is 5.32 Å². The highest BCUT2D eigenvalue weighted by atomic mass is 31.2. The Hall–Kier alpha value is -2.84. The monoisotopic (exact) mass is 953 g/mol. The number of allylic oxidation sites excluding steroid dienone is 17. The number of aliphatic hydroxyl groups is 1. The Kier molecular flexibility index (Phi) is 46.2. The van der Waals surface area contributed by atoms with E-state index in [9.17, 15) is 19.4 Å². The first-order valence-electron chi connectivity index (χ1n) is 26.7. The summed E-state index contributed by atoms with van der Waals surface area (Å²) >= 11 is 0. The van der Waals surface area contributed by atoms with Gasteiger partial charge in [-0.1, -0.05) is 213 Å². The Morgan fingerprint density at radius 2 is 0.925 bits per heavy atom. The zero-order valence-corrected chi connectivity index (χ0v) is 44.5. The number of carbonyl (C=O) groups is 1. The molecule has 0 aromatic carbocycles. The summed E-state index contributed by atoms with van der Waals surface area (Å²) < 4.78 is 23.2. The van der Waals surface area contributed by atoms with Crippen LogP contribution in [0.15, 0.2) is 109 Å². The van der Waals surface area contributed by atoms with Crippen molar-refractivity contribution in [2.45, 2.75) is 212 Å². The number of hydrogen-bond acceptors (Lipinski definition) is 6. The number of phosphoric acid groups is 1. The predicted octanol–water partition coefficient (Wildman–Crippen LogP) is 15.4. The first kappa shape index (κ1) is 64.2. The summed E-state index contributed by atoms with van der Waals surface area (Å²) in [5.74, 6) is -0.216. The average Bonchev–Trinajstić information content (AvgIpc) is 3.29. The molecule has 0 radical (unpaired) electrons. The molecule has 0 aromatic heterocycles. The van der Waals surface area contributed by atoms with Crippen LogP contribution in [0.2, 0.25) is 0 Å². The lowest BCUT2D eigenvalue weighted by molar-refractivity contribution is -0.870. The Labute approximate surface area is 412 Å². The molecule has 0 saturated heterocycles. The zero-order chi connectivity index (χ0) is 49.2. The standard InChI is InChI=1S/C58H101N2O6P/c1-6-8-10-12-14-16-18-19-20-21-22-23-24-25-26-27-28-29-30-31-32-33-34-35-36-37-38-39-40-41-42-44-46-48-50-52-58(62)59-56(55-66-67(63,64)65-54-53-60(3,4)5)57(61)51-49-47-45-43-17-15-13-11-9-7-2/h8,10,14,16-17,19-20,22-23,25-26,28-29,31-32,43,49,51,56-57,61H,6-7,9,11-13,15,18,21,24,27,30,33-42,44-48,50,52-55H2,1-5H3,(H-,59,62,63,64)/b10-8-,16-14-,20-19-,23-22-,26-25-,29-28-,32-31-,43-17+,51-49+. The van der Waals surface area contributed by atoms with Gasteiger partial charge >= 0.3 is 0 Å². The van der Waals surface area contributed by atoms with Crippen molar-refractivity contribution >= 4 is 13.7 Å². The molecule has 0 spiro atoms. The molecule has 0 aromatic rings. The van der Waals surface area contributed by atoms with Gasteiger partial charge in [-0.05, 0) is 89.9 Å².